The zero-order valence-corrected chi connectivity index (χ0v) is 23.6. The van der Waals surface area contributed by atoms with Crippen LogP contribution in [0.5, 0.6) is 11.5 Å². The highest BCUT2D eigenvalue weighted by Crippen LogP contribution is 2.43. The molecule has 2 aromatic carbocycles. The van der Waals surface area contributed by atoms with Gasteiger partial charge in [-0.15, -0.1) is 11.3 Å². The third-order valence-electron chi connectivity index (χ3n) is 6.29. The second-order valence-corrected chi connectivity index (χ2v) is 12.4. The van der Waals surface area contributed by atoms with Crippen molar-refractivity contribution >= 4 is 37.1 Å². The van der Waals surface area contributed by atoms with Crippen LogP contribution in [0.2, 0.25) is 0 Å². The van der Waals surface area contributed by atoms with Crippen LogP contribution in [0.4, 0.5) is 10.1 Å². The van der Waals surface area contributed by atoms with Gasteiger partial charge < -0.3 is 13.8 Å². The molecule has 0 aliphatic carbocycles. The lowest BCUT2D eigenvalue weighted by Crippen LogP contribution is -2.16. The molecule has 11 heteroatoms. The van der Waals surface area contributed by atoms with Crippen molar-refractivity contribution in [2.45, 2.75) is 27.7 Å². The Labute approximate surface area is 228 Å². The van der Waals surface area contributed by atoms with Crippen molar-refractivity contribution in [3.63, 3.8) is 0 Å². The number of nitrogens with zero attached hydrogens (tertiary/aromatic N) is 2. The molecule has 1 N–H and O–H groups in total. The Balaban J connectivity index is 1.76. The summed E-state index contributed by atoms with van der Waals surface area (Å²) in [5.74, 6) is 0.984. The Morgan fingerprint density at radius 3 is 2.44 bits per heavy atom. The number of anilines is 1. The van der Waals surface area contributed by atoms with E-state index in [1.54, 1.807) is 58.3 Å². The largest absolute Gasteiger partial charge is 0.456 e. The summed E-state index contributed by atoms with van der Waals surface area (Å²) in [6.45, 7) is 6.87. The highest BCUT2D eigenvalue weighted by molar-refractivity contribution is 7.92. The molecule has 0 spiro atoms. The van der Waals surface area contributed by atoms with E-state index in [9.17, 15) is 17.6 Å². The number of rotatable bonds is 7. The number of ether oxygens (including phenoxy) is 1. The van der Waals surface area contributed by atoms with Crippen LogP contribution < -0.4 is 15.0 Å². The summed E-state index contributed by atoms with van der Waals surface area (Å²) in [5.41, 5.74) is 3.29. The minimum absolute atomic E-state index is 0.0941. The summed E-state index contributed by atoms with van der Waals surface area (Å²) >= 11 is 1.29. The summed E-state index contributed by atoms with van der Waals surface area (Å²) in [7, 11) is -1.90. The average molecular weight is 568 g/mol. The molecule has 0 unspecified atom stereocenters. The van der Waals surface area contributed by atoms with Gasteiger partial charge in [0.15, 0.2) is 5.76 Å². The summed E-state index contributed by atoms with van der Waals surface area (Å²) in [5, 5.41) is 4.61. The maximum Gasteiger partial charge on any atom is 0.268 e. The Morgan fingerprint density at radius 1 is 1.08 bits per heavy atom. The smallest absolute Gasteiger partial charge is 0.268 e. The van der Waals surface area contributed by atoms with Crippen molar-refractivity contribution in [1.29, 1.82) is 0 Å². The molecule has 5 rings (SSSR count). The quantitative estimate of drug-likeness (QED) is 0.240. The van der Waals surface area contributed by atoms with Gasteiger partial charge in [-0.2, -0.15) is 0 Å². The van der Waals surface area contributed by atoms with Gasteiger partial charge in [0.25, 0.3) is 5.56 Å². The summed E-state index contributed by atoms with van der Waals surface area (Å²) in [4.78, 5) is 13.8. The highest BCUT2D eigenvalue weighted by Gasteiger charge is 2.21. The van der Waals surface area contributed by atoms with E-state index in [1.165, 1.54) is 28.0 Å². The fourth-order valence-electron chi connectivity index (χ4n) is 4.36. The van der Waals surface area contributed by atoms with Crippen molar-refractivity contribution in [3.05, 3.63) is 81.7 Å². The van der Waals surface area contributed by atoms with Crippen LogP contribution in [0, 0.1) is 26.6 Å². The molecule has 3 aromatic heterocycles. The molecule has 0 aliphatic heterocycles. The SMILES string of the molecule is CCS(=O)(=O)Nc1ccc(Oc2c(C)cc(F)cc2C)c(-c2cn(C)c(=O)c3sc(-c4cc(C)no4)cc23)c1. The van der Waals surface area contributed by atoms with Crippen LogP contribution in [-0.4, -0.2) is 23.9 Å². The molecule has 0 aliphatic rings. The number of pyridine rings is 1. The minimum Gasteiger partial charge on any atom is -0.456 e. The van der Waals surface area contributed by atoms with Gasteiger partial charge in [0.1, 0.15) is 22.0 Å². The van der Waals surface area contributed by atoms with Gasteiger partial charge in [0.2, 0.25) is 10.0 Å². The first-order valence-electron chi connectivity index (χ1n) is 12.1. The topological polar surface area (TPSA) is 103 Å². The van der Waals surface area contributed by atoms with Crippen molar-refractivity contribution in [2.24, 2.45) is 7.05 Å². The molecule has 0 radical (unpaired) electrons. The fraction of sp³-hybridized carbons (Fsp3) is 0.214. The fourth-order valence-corrected chi connectivity index (χ4v) is 6.09. The van der Waals surface area contributed by atoms with Crippen molar-refractivity contribution in [2.75, 3.05) is 10.5 Å². The lowest BCUT2D eigenvalue weighted by atomic mass is 10.0. The molecule has 0 bridgehead atoms. The van der Waals surface area contributed by atoms with Gasteiger partial charge in [-0.25, -0.2) is 12.8 Å². The molecule has 0 fully saturated rings. The highest BCUT2D eigenvalue weighted by atomic mass is 32.2. The predicted octanol–water partition coefficient (Wildman–Crippen LogP) is 6.54. The van der Waals surface area contributed by atoms with Crippen LogP contribution in [0.3, 0.4) is 0 Å². The number of aryl methyl sites for hydroxylation is 4. The van der Waals surface area contributed by atoms with E-state index in [2.05, 4.69) is 9.88 Å². The molecular formula is C28H26FN3O5S2. The van der Waals surface area contributed by atoms with E-state index < -0.39 is 10.0 Å². The summed E-state index contributed by atoms with van der Waals surface area (Å²) in [6.07, 6.45) is 1.69. The van der Waals surface area contributed by atoms with Gasteiger partial charge in [-0.3, -0.25) is 9.52 Å². The molecule has 3 heterocycles. The molecule has 0 saturated carbocycles. The molecule has 39 heavy (non-hydrogen) atoms. The predicted molar refractivity (Wildman–Crippen MR) is 152 cm³/mol. The summed E-state index contributed by atoms with van der Waals surface area (Å²) < 4.78 is 55.0. The number of benzene rings is 2. The zero-order valence-electron chi connectivity index (χ0n) is 22.0. The van der Waals surface area contributed by atoms with Crippen LogP contribution in [0.15, 0.2) is 58.0 Å². The summed E-state index contributed by atoms with van der Waals surface area (Å²) in [6, 6.07) is 11.4. The molecule has 0 atom stereocenters. The van der Waals surface area contributed by atoms with Crippen LogP contribution >= 0.6 is 11.3 Å². The lowest BCUT2D eigenvalue weighted by molar-refractivity contribution is 0.428. The molecule has 202 valence electrons. The van der Waals surface area contributed by atoms with E-state index in [1.807, 2.05) is 13.0 Å². The number of fused-ring (bicyclic) bond motifs is 1. The minimum atomic E-state index is -3.55. The third kappa shape index (κ3) is 5.19. The first-order valence-corrected chi connectivity index (χ1v) is 14.6. The van der Waals surface area contributed by atoms with E-state index >= 15 is 0 Å². The number of halogens is 1. The Kier molecular flexibility index (Phi) is 6.81. The first kappa shape index (κ1) is 26.6. The van der Waals surface area contributed by atoms with Crippen LogP contribution in [-0.2, 0) is 17.1 Å². The standard InChI is InChI=1S/C28H26FN3O5S2/c1-6-39(34,35)31-19-7-8-23(36-26-15(2)9-18(29)10-16(26)3)20(12-19)22-14-32(5)28(33)27-21(22)13-25(38-27)24-11-17(4)30-37-24/h7-14,31H,6H2,1-5H3. The van der Waals surface area contributed by atoms with Crippen LogP contribution in [0.1, 0.15) is 23.7 Å². The molecular weight excluding hydrogens is 541 g/mol. The van der Waals surface area contributed by atoms with Gasteiger partial charge in [0.05, 0.1) is 16.3 Å². The van der Waals surface area contributed by atoms with Gasteiger partial charge in [0, 0.05) is 41.5 Å². The molecule has 0 amide bonds. The second kappa shape index (κ2) is 9.97. The number of nitrogens with one attached hydrogen (secondary N) is 1. The second-order valence-electron chi connectivity index (χ2n) is 9.33. The van der Waals surface area contributed by atoms with Crippen molar-refractivity contribution in [1.82, 2.24) is 9.72 Å². The number of sulfonamides is 1. The lowest BCUT2D eigenvalue weighted by Gasteiger charge is -2.18. The molecule has 0 saturated heterocycles. The van der Waals surface area contributed by atoms with E-state index in [0.29, 0.717) is 61.0 Å². The van der Waals surface area contributed by atoms with Gasteiger partial charge in [-0.05, 0) is 75.2 Å². The molecule has 5 aromatic rings. The van der Waals surface area contributed by atoms with Crippen molar-refractivity contribution < 1.29 is 22.1 Å². The number of hydrogen-bond acceptors (Lipinski definition) is 7. The Hall–Kier alpha value is -3.96. The maximum absolute atomic E-state index is 14.0. The van der Waals surface area contributed by atoms with E-state index in [4.69, 9.17) is 9.26 Å². The van der Waals surface area contributed by atoms with Crippen molar-refractivity contribution in [3.8, 4) is 33.3 Å². The maximum atomic E-state index is 14.0. The van der Waals surface area contributed by atoms with Gasteiger partial charge in [-0.1, -0.05) is 5.16 Å². The van der Waals surface area contributed by atoms with E-state index in [-0.39, 0.29) is 17.1 Å². The van der Waals surface area contributed by atoms with E-state index in [0.717, 1.165) is 4.88 Å². The number of hydrogen-bond donors (Lipinski definition) is 1. The zero-order chi connectivity index (χ0) is 28.1. The Morgan fingerprint density at radius 2 is 1.79 bits per heavy atom. The third-order valence-corrected chi connectivity index (χ3v) is 8.74. The number of thiophene rings is 1. The molecule has 8 nitrogen and oxygen atoms in total. The van der Waals surface area contributed by atoms with Gasteiger partial charge >= 0.3 is 0 Å². The Bertz CT molecular complexity index is 1880. The van der Waals surface area contributed by atoms with Crippen LogP contribution in [0.25, 0.3) is 31.9 Å². The average Bonchev–Trinajstić information content (AvgIpc) is 3.51. The number of aromatic nitrogens is 2. The monoisotopic (exact) mass is 567 g/mol. The first-order chi connectivity index (χ1) is 18.5. The normalized spacial score (nSPS) is 11.7.